The molecule has 0 aliphatic rings. The van der Waals surface area contributed by atoms with Gasteiger partial charge in [0.25, 0.3) is 0 Å². The maximum atomic E-state index is 10.0. The second-order valence-corrected chi connectivity index (χ2v) is 5.12. The largest absolute Gasteiger partial charge is 0.459 e. The minimum atomic E-state index is -1.00. The molecule has 0 saturated carbocycles. The van der Waals surface area contributed by atoms with Gasteiger partial charge in [-0.1, -0.05) is 11.6 Å². The Hall–Kier alpha value is -1.40. The summed E-state index contributed by atoms with van der Waals surface area (Å²) in [5.74, 6) is 0.612. The fraction of sp³-hybridized carbons (Fsp3) is 0.500. The average molecular weight is 296 g/mol. The van der Waals surface area contributed by atoms with Crippen molar-refractivity contribution in [3.05, 3.63) is 41.9 Å². The lowest BCUT2D eigenvalue weighted by atomic mass is 9.92. The molecule has 5 nitrogen and oxygen atoms in total. The molecule has 5 heteroatoms. The fourth-order valence-corrected chi connectivity index (χ4v) is 2.13. The lowest BCUT2D eigenvalue weighted by Crippen LogP contribution is -2.32. The van der Waals surface area contributed by atoms with Crippen LogP contribution in [0.3, 0.4) is 0 Å². The third kappa shape index (κ3) is 5.47. The van der Waals surface area contributed by atoms with Crippen LogP contribution in [-0.4, -0.2) is 39.2 Å². The fourth-order valence-electron chi connectivity index (χ4n) is 2.13. The first-order valence-corrected chi connectivity index (χ1v) is 6.98. The molecule has 1 rings (SSSR count). The summed E-state index contributed by atoms with van der Waals surface area (Å²) in [5.41, 5.74) is 1.01. The third-order valence-electron chi connectivity index (χ3n) is 3.41. The second kappa shape index (κ2) is 8.79. The highest BCUT2D eigenvalue weighted by Crippen LogP contribution is 2.20. The third-order valence-corrected chi connectivity index (χ3v) is 3.41. The first-order chi connectivity index (χ1) is 10.0. The first kappa shape index (κ1) is 17.7. The number of rotatable bonds is 9. The van der Waals surface area contributed by atoms with Crippen LogP contribution in [0.4, 0.5) is 0 Å². The smallest absolute Gasteiger partial charge is 0.130 e. The zero-order chi connectivity index (χ0) is 15.8. The van der Waals surface area contributed by atoms with Gasteiger partial charge in [0, 0.05) is 5.92 Å². The van der Waals surface area contributed by atoms with Gasteiger partial charge in [0.1, 0.15) is 18.1 Å². The van der Waals surface area contributed by atoms with Gasteiger partial charge in [-0.2, -0.15) is 0 Å². The van der Waals surface area contributed by atoms with Crippen molar-refractivity contribution in [2.75, 3.05) is 6.61 Å². The molecule has 1 aromatic heterocycles. The molecule has 1 heterocycles. The van der Waals surface area contributed by atoms with Crippen molar-refractivity contribution < 1.29 is 24.8 Å². The minimum Gasteiger partial charge on any atom is -0.459 e. The Balaban J connectivity index is 2.54. The van der Waals surface area contributed by atoms with Crippen LogP contribution >= 0.6 is 0 Å². The van der Waals surface area contributed by atoms with E-state index in [1.165, 1.54) is 6.08 Å². The number of aliphatic hydroxyl groups is 4. The predicted molar refractivity (Wildman–Crippen MR) is 80.3 cm³/mol. The Labute approximate surface area is 124 Å². The van der Waals surface area contributed by atoms with E-state index in [1.807, 2.05) is 13.0 Å². The van der Waals surface area contributed by atoms with Crippen molar-refractivity contribution >= 4 is 6.08 Å². The average Bonchev–Trinajstić information content (AvgIpc) is 2.93. The highest BCUT2D eigenvalue weighted by atomic mass is 16.4. The van der Waals surface area contributed by atoms with Gasteiger partial charge in [-0.25, -0.2) is 0 Å². The Kier molecular flexibility index (Phi) is 7.39. The Morgan fingerprint density at radius 2 is 2.00 bits per heavy atom. The van der Waals surface area contributed by atoms with Gasteiger partial charge in [-0.3, -0.25) is 0 Å². The van der Waals surface area contributed by atoms with Crippen LogP contribution in [0.15, 0.2) is 34.8 Å². The molecular formula is C16H24O5. The lowest BCUT2D eigenvalue weighted by molar-refractivity contribution is 0.00215. The SMILES string of the molecule is C=C[C@@H]([C@H](O)CO)[C@H](O)CC/C(C)=C/c1ccc(CO)o1. The monoisotopic (exact) mass is 296 g/mol. The summed E-state index contributed by atoms with van der Waals surface area (Å²) in [4.78, 5) is 0. The van der Waals surface area contributed by atoms with Crippen LogP contribution in [0.2, 0.25) is 0 Å². The van der Waals surface area contributed by atoms with Crippen molar-refractivity contribution in [3.63, 3.8) is 0 Å². The molecule has 0 aliphatic carbocycles. The number of aliphatic hydroxyl groups excluding tert-OH is 4. The summed E-state index contributed by atoms with van der Waals surface area (Å²) < 4.78 is 5.36. The normalized spacial score (nSPS) is 16.5. The number of hydrogen-bond acceptors (Lipinski definition) is 5. The summed E-state index contributed by atoms with van der Waals surface area (Å²) in [6, 6.07) is 3.48. The van der Waals surface area contributed by atoms with Gasteiger partial charge in [0.05, 0.1) is 18.8 Å². The van der Waals surface area contributed by atoms with Gasteiger partial charge in [0.2, 0.25) is 0 Å². The molecule has 0 amide bonds. The molecule has 0 spiro atoms. The minimum absolute atomic E-state index is 0.133. The van der Waals surface area contributed by atoms with E-state index in [1.54, 1.807) is 12.1 Å². The van der Waals surface area contributed by atoms with Crippen molar-refractivity contribution in [2.45, 2.75) is 38.6 Å². The second-order valence-electron chi connectivity index (χ2n) is 5.12. The molecule has 4 N–H and O–H groups in total. The summed E-state index contributed by atoms with van der Waals surface area (Å²) in [5, 5.41) is 37.5. The van der Waals surface area contributed by atoms with Crippen molar-refractivity contribution in [1.82, 2.24) is 0 Å². The highest BCUT2D eigenvalue weighted by Gasteiger charge is 2.23. The quantitative estimate of drug-likeness (QED) is 0.518. The van der Waals surface area contributed by atoms with Crippen LogP contribution in [0.1, 0.15) is 31.3 Å². The first-order valence-electron chi connectivity index (χ1n) is 6.98. The molecule has 118 valence electrons. The van der Waals surface area contributed by atoms with Gasteiger partial charge in [-0.15, -0.1) is 6.58 Å². The van der Waals surface area contributed by atoms with Crippen molar-refractivity contribution in [2.24, 2.45) is 5.92 Å². The highest BCUT2D eigenvalue weighted by molar-refractivity contribution is 5.46. The molecule has 21 heavy (non-hydrogen) atoms. The summed E-state index contributed by atoms with van der Waals surface area (Å²) in [6.45, 7) is 4.95. The summed E-state index contributed by atoms with van der Waals surface area (Å²) in [7, 11) is 0. The standard InChI is InChI=1S/C16H24O5/c1-3-14(16(20)10-18)15(19)7-4-11(2)8-12-5-6-13(9-17)21-12/h3,5-6,8,14-20H,1,4,7,9-10H2,2H3/b11-8+/t14-,15-,16-/m1/s1. The summed E-state index contributed by atoms with van der Waals surface area (Å²) in [6.07, 6.45) is 2.61. The van der Waals surface area contributed by atoms with E-state index >= 15 is 0 Å². The molecule has 0 saturated heterocycles. The van der Waals surface area contributed by atoms with Gasteiger partial charge < -0.3 is 24.8 Å². The Morgan fingerprint density at radius 3 is 2.52 bits per heavy atom. The van der Waals surface area contributed by atoms with E-state index in [9.17, 15) is 10.2 Å². The number of hydrogen-bond donors (Lipinski definition) is 4. The van der Waals surface area contributed by atoms with E-state index in [0.717, 1.165) is 5.57 Å². The lowest BCUT2D eigenvalue weighted by Gasteiger charge is -2.23. The molecule has 3 atom stereocenters. The summed E-state index contributed by atoms with van der Waals surface area (Å²) >= 11 is 0. The molecule has 0 unspecified atom stereocenters. The maximum Gasteiger partial charge on any atom is 0.130 e. The van der Waals surface area contributed by atoms with E-state index < -0.39 is 24.7 Å². The Morgan fingerprint density at radius 1 is 1.29 bits per heavy atom. The van der Waals surface area contributed by atoms with Crippen LogP contribution in [0.5, 0.6) is 0 Å². The predicted octanol–water partition coefficient (Wildman–Crippen LogP) is 1.47. The van der Waals surface area contributed by atoms with E-state index in [0.29, 0.717) is 24.4 Å². The topological polar surface area (TPSA) is 94.1 Å². The maximum absolute atomic E-state index is 10.0. The van der Waals surface area contributed by atoms with Gasteiger partial charge >= 0.3 is 0 Å². The van der Waals surface area contributed by atoms with Crippen LogP contribution in [-0.2, 0) is 6.61 Å². The zero-order valence-electron chi connectivity index (χ0n) is 12.3. The van der Waals surface area contributed by atoms with Crippen molar-refractivity contribution in [1.29, 1.82) is 0 Å². The molecule has 0 bridgehead atoms. The van der Waals surface area contributed by atoms with E-state index in [4.69, 9.17) is 14.6 Å². The number of furan rings is 1. The molecule has 0 radical (unpaired) electrons. The van der Waals surface area contributed by atoms with Gasteiger partial charge in [0.15, 0.2) is 0 Å². The molecule has 0 aromatic carbocycles. The van der Waals surface area contributed by atoms with E-state index in [-0.39, 0.29) is 6.61 Å². The molecule has 0 aliphatic heterocycles. The Bertz CT molecular complexity index is 463. The van der Waals surface area contributed by atoms with Crippen LogP contribution < -0.4 is 0 Å². The number of allylic oxidation sites excluding steroid dienone is 1. The zero-order valence-corrected chi connectivity index (χ0v) is 12.3. The molecular weight excluding hydrogens is 272 g/mol. The van der Waals surface area contributed by atoms with Crippen molar-refractivity contribution in [3.8, 4) is 0 Å². The van der Waals surface area contributed by atoms with E-state index in [2.05, 4.69) is 6.58 Å². The molecule has 0 fully saturated rings. The van der Waals surface area contributed by atoms with Gasteiger partial charge in [-0.05, 0) is 38.0 Å². The molecule has 1 aromatic rings. The van der Waals surface area contributed by atoms with Crippen LogP contribution in [0, 0.1) is 5.92 Å². The van der Waals surface area contributed by atoms with Crippen LogP contribution in [0.25, 0.3) is 6.08 Å².